The van der Waals surface area contributed by atoms with Crippen molar-refractivity contribution in [2.75, 3.05) is 13.2 Å². The summed E-state index contributed by atoms with van der Waals surface area (Å²) in [6.45, 7) is 9.18. The van der Waals surface area contributed by atoms with Crippen LogP contribution >= 0.6 is 0 Å². The number of nitrogens with one attached hydrogen (secondary N) is 1. The summed E-state index contributed by atoms with van der Waals surface area (Å²) in [5.41, 5.74) is 1.25. The zero-order valence-electron chi connectivity index (χ0n) is 11.3. The van der Waals surface area contributed by atoms with Crippen LogP contribution in [0.1, 0.15) is 32.8 Å². The zero-order valence-corrected chi connectivity index (χ0v) is 11.3. The van der Waals surface area contributed by atoms with Crippen LogP contribution < -0.4 is 5.32 Å². The van der Waals surface area contributed by atoms with E-state index in [0.29, 0.717) is 12.0 Å². The third-order valence-electron chi connectivity index (χ3n) is 2.86. The molecule has 0 saturated heterocycles. The van der Waals surface area contributed by atoms with E-state index in [1.54, 1.807) is 0 Å². The van der Waals surface area contributed by atoms with Crippen molar-refractivity contribution in [3.8, 4) is 0 Å². The lowest BCUT2D eigenvalue weighted by Gasteiger charge is -2.17. The standard InChI is InChI=1S/C15H25NO/c1-4-14(10-16-13(2)3)11-17-12-15-8-6-5-7-9-15/h5-9,13-14,16H,4,10-12H2,1-3H3. The topological polar surface area (TPSA) is 21.3 Å². The minimum atomic E-state index is 0.554. The lowest BCUT2D eigenvalue weighted by Crippen LogP contribution is -2.30. The summed E-state index contributed by atoms with van der Waals surface area (Å²) in [6, 6.07) is 10.9. The Morgan fingerprint density at radius 2 is 1.88 bits per heavy atom. The van der Waals surface area contributed by atoms with E-state index in [1.807, 2.05) is 6.07 Å². The van der Waals surface area contributed by atoms with Gasteiger partial charge in [-0.05, 0) is 17.9 Å². The average molecular weight is 235 g/mol. The van der Waals surface area contributed by atoms with Crippen LogP contribution in [0.5, 0.6) is 0 Å². The molecule has 0 radical (unpaired) electrons. The van der Waals surface area contributed by atoms with Gasteiger partial charge in [-0.25, -0.2) is 0 Å². The average Bonchev–Trinajstić information content (AvgIpc) is 2.34. The van der Waals surface area contributed by atoms with Crippen molar-refractivity contribution in [1.82, 2.24) is 5.32 Å². The Morgan fingerprint density at radius 3 is 2.47 bits per heavy atom. The first-order valence-electron chi connectivity index (χ1n) is 6.57. The summed E-state index contributed by atoms with van der Waals surface area (Å²) in [5, 5.41) is 3.47. The summed E-state index contributed by atoms with van der Waals surface area (Å²) in [5.74, 6) is 0.612. The lowest BCUT2D eigenvalue weighted by atomic mass is 10.1. The largest absolute Gasteiger partial charge is 0.376 e. The molecular weight excluding hydrogens is 210 g/mol. The van der Waals surface area contributed by atoms with Crippen molar-refractivity contribution in [3.05, 3.63) is 35.9 Å². The first-order valence-corrected chi connectivity index (χ1v) is 6.57. The molecule has 1 aromatic rings. The maximum Gasteiger partial charge on any atom is 0.0717 e. The van der Waals surface area contributed by atoms with Crippen molar-refractivity contribution in [2.45, 2.75) is 39.8 Å². The molecule has 0 aromatic heterocycles. The first-order chi connectivity index (χ1) is 8.22. The molecule has 17 heavy (non-hydrogen) atoms. The van der Waals surface area contributed by atoms with Crippen molar-refractivity contribution in [3.63, 3.8) is 0 Å². The predicted octanol–water partition coefficient (Wildman–Crippen LogP) is 3.23. The van der Waals surface area contributed by atoms with Gasteiger partial charge in [0.1, 0.15) is 0 Å². The number of hydrogen-bond acceptors (Lipinski definition) is 2. The first kappa shape index (κ1) is 14.2. The number of ether oxygens (including phenoxy) is 1. The Bertz CT molecular complexity index is 284. The molecule has 0 fully saturated rings. The van der Waals surface area contributed by atoms with Gasteiger partial charge >= 0.3 is 0 Å². The Kier molecular flexibility index (Phi) is 6.90. The fourth-order valence-corrected chi connectivity index (χ4v) is 1.64. The van der Waals surface area contributed by atoms with Crippen molar-refractivity contribution < 1.29 is 4.74 Å². The molecule has 0 amide bonds. The van der Waals surface area contributed by atoms with Gasteiger partial charge in [-0.1, -0.05) is 51.1 Å². The molecule has 0 saturated carbocycles. The Morgan fingerprint density at radius 1 is 1.18 bits per heavy atom. The fourth-order valence-electron chi connectivity index (χ4n) is 1.64. The van der Waals surface area contributed by atoms with Gasteiger partial charge in [0.2, 0.25) is 0 Å². The molecule has 1 unspecified atom stereocenters. The van der Waals surface area contributed by atoms with Crippen LogP contribution in [-0.2, 0) is 11.3 Å². The zero-order chi connectivity index (χ0) is 12.5. The van der Waals surface area contributed by atoms with Crippen LogP contribution in [0.25, 0.3) is 0 Å². The van der Waals surface area contributed by atoms with Gasteiger partial charge in [0, 0.05) is 12.6 Å². The van der Waals surface area contributed by atoms with E-state index in [9.17, 15) is 0 Å². The number of hydrogen-bond donors (Lipinski definition) is 1. The second kappa shape index (κ2) is 8.26. The summed E-state index contributed by atoms with van der Waals surface area (Å²) < 4.78 is 5.77. The lowest BCUT2D eigenvalue weighted by molar-refractivity contribution is 0.0846. The number of rotatable bonds is 8. The Balaban J connectivity index is 2.19. The van der Waals surface area contributed by atoms with Crippen LogP contribution in [-0.4, -0.2) is 19.2 Å². The smallest absolute Gasteiger partial charge is 0.0717 e. The highest BCUT2D eigenvalue weighted by atomic mass is 16.5. The molecule has 0 aliphatic rings. The van der Waals surface area contributed by atoms with Crippen LogP contribution in [0.4, 0.5) is 0 Å². The number of benzene rings is 1. The van der Waals surface area contributed by atoms with E-state index >= 15 is 0 Å². The molecular formula is C15H25NO. The molecule has 2 heteroatoms. The minimum absolute atomic E-state index is 0.554. The summed E-state index contributed by atoms with van der Waals surface area (Å²) in [7, 11) is 0. The van der Waals surface area contributed by atoms with Gasteiger partial charge in [0.05, 0.1) is 13.2 Å². The van der Waals surface area contributed by atoms with Gasteiger partial charge in [-0.15, -0.1) is 0 Å². The molecule has 0 spiro atoms. The van der Waals surface area contributed by atoms with E-state index < -0.39 is 0 Å². The maximum atomic E-state index is 5.77. The predicted molar refractivity (Wildman–Crippen MR) is 73.0 cm³/mol. The summed E-state index contributed by atoms with van der Waals surface area (Å²) >= 11 is 0. The maximum absolute atomic E-state index is 5.77. The summed E-state index contributed by atoms with van der Waals surface area (Å²) in [6.07, 6.45) is 1.16. The van der Waals surface area contributed by atoms with Crippen LogP contribution in [0.2, 0.25) is 0 Å². The van der Waals surface area contributed by atoms with Gasteiger partial charge in [-0.3, -0.25) is 0 Å². The molecule has 1 rings (SSSR count). The summed E-state index contributed by atoms with van der Waals surface area (Å²) in [4.78, 5) is 0. The van der Waals surface area contributed by atoms with E-state index in [-0.39, 0.29) is 0 Å². The highest BCUT2D eigenvalue weighted by Gasteiger charge is 2.07. The van der Waals surface area contributed by atoms with E-state index in [4.69, 9.17) is 4.74 Å². The highest BCUT2D eigenvalue weighted by Crippen LogP contribution is 2.06. The van der Waals surface area contributed by atoms with Crippen LogP contribution in [0.15, 0.2) is 30.3 Å². The molecule has 1 atom stereocenters. The monoisotopic (exact) mass is 235 g/mol. The molecule has 1 aromatic carbocycles. The molecule has 0 aliphatic heterocycles. The normalized spacial score (nSPS) is 12.9. The highest BCUT2D eigenvalue weighted by molar-refractivity contribution is 5.13. The minimum Gasteiger partial charge on any atom is -0.376 e. The van der Waals surface area contributed by atoms with Gasteiger partial charge in [0.15, 0.2) is 0 Å². The van der Waals surface area contributed by atoms with Crippen molar-refractivity contribution in [1.29, 1.82) is 0 Å². The molecule has 0 bridgehead atoms. The third-order valence-corrected chi connectivity index (χ3v) is 2.86. The third kappa shape index (κ3) is 6.44. The fraction of sp³-hybridized carbons (Fsp3) is 0.600. The van der Waals surface area contributed by atoms with Crippen molar-refractivity contribution in [2.24, 2.45) is 5.92 Å². The van der Waals surface area contributed by atoms with E-state index in [0.717, 1.165) is 26.2 Å². The van der Waals surface area contributed by atoms with Gasteiger partial charge in [0.25, 0.3) is 0 Å². The second-order valence-corrected chi connectivity index (χ2v) is 4.84. The Hall–Kier alpha value is -0.860. The SMILES string of the molecule is CCC(CNC(C)C)COCc1ccccc1. The molecule has 0 heterocycles. The Labute approximate surface area is 105 Å². The van der Waals surface area contributed by atoms with E-state index in [2.05, 4.69) is 50.4 Å². The second-order valence-electron chi connectivity index (χ2n) is 4.84. The van der Waals surface area contributed by atoms with E-state index in [1.165, 1.54) is 5.56 Å². The van der Waals surface area contributed by atoms with Gasteiger partial charge in [-0.2, -0.15) is 0 Å². The molecule has 96 valence electrons. The van der Waals surface area contributed by atoms with Crippen LogP contribution in [0, 0.1) is 5.92 Å². The van der Waals surface area contributed by atoms with Crippen LogP contribution in [0.3, 0.4) is 0 Å². The van der Waals surface area contributed by atoms with Gasteiger partial charge < -0.3 is 10.1 Å². The van der Waals surface area contributed by atoms with Crippen molar-refractivity contribution >= 4 is 0 Å². The molecule has 1 N–H and O–H groups in total. The molecule has 0 aliphatic carbocycles. The quantitative estimate of drug-likeness (QED) is 0.747. The molecule has 2 nitrogen and oxygen atoms in total.